The van der Waals surface area contributed by atoms with Crippen molar-refractivity contribution in [2.75, 3.05) is 11.5 Å². The minimum Gasteiger partial charge on any atom is -0.469 e. The predicted octanol–water partition coefficient (Wildman–Crippen LogP) is 2.08. The van der Waals surface area contributed by atoms with Gasteiger partial charge in [0.2, 0.25) is 0 Å². The number of rotatable bonds is 3. The van der Waals surface area contributed by atoms with E-state index >= 15 is 0 Å². The van der Waals surface area contributed by atoms with Crippen LogP contribution in [-0.2, 0) is 6.42 Å². The molecule has 19 heavy (non-hydrogen) atoms. The highest BCUT2D eigenvalue weighted by atomic mass is 16.3. The lowest BCUT2D eigenvalue weighted by Gasteiger charge is -2.07. The quantitative estimate of drug-likeness (QED) is 0.743. The number of nitrogen functional groups attached to an aromatic ring is 2. The van der Waals surface area contributed by atoms with Crippen LogP contribution in [-0.4, -0.2) is 9.97 Å². The third-order valence-corrected chi connectivity index (χ3v) is 2.74. The smallest absolute Gasteiger partial charge is 0.199 e. The summed E-state index contributed by atoms with van der Waals surface area (Å²) in [5.41, 5.74) is 12.5. The summed E-state index contributed by atoms with van der Waals surface area (Å²) in [7, 11) is 0. The first-order chi connectivity index (χ1) is 9.24. The molecule has 0 aromatic carbocycles. The Labute approximate surface area is 109 Å². The van der Waals surface area contributed by atoms with Crippen LogP contribution in [0.5, 0.6) is 0 Å². The Balaban J connectivity index is 1.99. The van der Waals surface area contributed by atoms with Crippen LogP contribution >= 0.6 is 0 Å². The highest BCUT2D eigenvalue weighted by Gasteiger charge is 2.14. The van der Waals surface area contributed by atoms with E-state index in [-0.39, 0.29) is 0 Å². The van der Waals surface area contributed by atoms with Crippen molar-refractivity contribution in [3.05, 3.63) is 48.1 Å². The molecule has 0 fully saturated rings. The molecular weight excluding hydrogens is 244 g/mol. The van der Waals surface area contributed by atoms with E-state index in [0.717, 1.165) is 5.76 Å². The standard InChI is InChI=1S/C13H12N4O2/c14-11-9(7-8-3-1-5-18-8)12(15)17-13(16-11)10-4-2-6-19-10/h1-6H,7H2,(H4,14,15,16,17). The minimum atomic E-state index is 0.329. The largest absolute Gasteiger partial charge is 0.469 e. The first kappa shape index (κ1) is 11.3. The lowest BCUT2D eigenvalue weighted by atomic mass is 10.1. The zero-order valence-corrected chi connectivity index (χ0v) is 10.0. The van der Waals surface area contributed by atoms with E-state index in [9.17, 15) is 0 Å². The summed E-state index contributed by atoms with van der Waals surface area (Å²) in [5.74, 6) is 2.32. The van der Waals surface area contributed by atoms with Crippen molar-refractivity contribution in [3.63, 3.8) is 0 Å². The fraction of sp³-hybridized carbons (Fsp3) is 0.0769. The average molecular weight is 256 g/mol. The predicted molar refractivity (Wildman–Crippen MR) is 70.1 cm³/mol. The third-order valence-electron chi connectivity index (χ3n) is 2.74. The zero-order chi connectivity index (χ0) is 13.2. The molecular formula is C13H12N4O2. The normalized spacial score (nSPS) is 10.7. The molecule has 3 aromatic rings. The molecule has 3 rings (SSSR count). The molecule has 0 amide bonds. The van der Waals surface area contributed by atoms with Gasteiger partial charge < -0.3 is 20.3 Å². The van der Waals surface area contributed by atoms with Crippen LogP contribution in [0, 0.1) is 0 Å². The van der Waals surface area contributed by atoms with Gasteiger partial charge in [-0.15, -0.1) is 0 Å². The first-order valence-electron chi connectivity index (χ1n) is 5.72. The van der Waals surface area contributed by atoms with E-state index in [1.54, 1.807) is 30.7 Å². The number of hydrogen-bond acceptors (Lipinski definition) is 6. The van der Waals surface area contributed by atoms with Gasteiger partial charge in [0.15, 0.2) is 11.6 Å². The lowest BCUT2D eigenvalue weighted by molar-refractivity contribution is 0.521. The summed E-state index contributed by atoms with van der Waals surface area (Å²) in [6.45, 7) is 0. The van der Waals surface area contributed by atoms with Crippen LogP contribution in [0.25, 0.3) is 11.6 Å². The number of anilines is 2. The van der Waals surface area contributed by atoms with Crippen LogP contribution in [0.2, 0.25) is 0 Å². The number of aromatic nitrogens is 2. The molecule has 3 heterocycles. The van der Waals surface area contributed by atoms with Gasteiger partial charge in [0.25, 0.3) is 0 Å². The van der Waals surface area contributed by atoms with Crippen LogP contribution in [0.3, 0.4) is 0 Å². The molecule has 96 valence electrons. The molecule has 3 aromatic heterocycles. The fourth-order valence-corrected chi connectivity index (χ4v) is 1.80. The van der Waals surface area contributed by atoms with Crippen LogP contribution < -0.4 is 11.5 Å². The number of hydrogen-bond donors (Lipinski definition) is 2. The van der Waals surface area contributed by atoms with Crippen LogP contribution in [0.1, 0.15) is 11.3 Å². The Morgan fingerprint density at radius 1 is 0.947 bits per heavy atom. The van der Waals surface area contributed by atoms with Crippen molar-refractivity contribution >= 4 is 11.6 Å². The summed E-state index contributed by atoms with van der Waals surface area (Å²) in [6.07, 6.45) is 3.60. The molecule has 0 atom stereocenters. The van der Waals surface area contributed by atoms with E-state index in [1.165, 1.54) is 0 Å². The molecule has 0 bridgehead atoms. The van der Waals surface area contributed by atoms with Gasteiger partial charge >= 0.3 is 0 Å². The number of nitrogens with zero attached hydrogens (tertiary/aromatic N) is 2. The van der Waals surface area contributed by atoms with E-state index in [4.69, 9.17) is 20.3 Å². The maximum atomic E-state index is 5.93. The minimum absolute atomic E-state index is 0.329. The molecule has 0 unspecified atom stereocenters. The van der Waals surface area contributed by atoms with Gasteiger partial charge in [0.1, 0.15) is 17.4 Å². The molecule has 0 saturated heterocycles. The molecule has 0 aliphatic carbocycles. The van der Waals surface area contributed by atoms with Crippen molar-refractivity contribution in [1.82, 2.24) is 9.97 Å². The maximum Gasteiger partial charge on any atom is 0.199 e. The van der Waals surface area contributed by atoms with Crippen molar-refractivity contribution in [3.8, 4) is 11.6 Å². The topological polar surface area (TPSA) is 104 Å². The van der Waals surface area contributed by atoms with Gasteiger partial charge in [0, 0.05) is 12.0 Å². The first-order valence-corrected chi connectivity index (χ1v) is 5.72. The van der Waals surface area contributed by atoms with Gasteiger partial charge in [-0.25, -0.2) is 9.97 Å². The monoisotopic (exact) mass is 256 g/mol. The molecule has 0 saturated carbocycles. The van der Waals surface area contributed by atoms with Crippen molar-refractivity contribution < 1.29 is 8.83 Å². The highest BCUT2D eigenvalue weighted by molar-refractivity contribution is 5.60. The molecule has 6 heteroatoms. The molecule has 0 spiro atoms. The Morgan fingerprint density at radius 3 is 2.21 bits per heavy atom. The summed E-state index contributed by atoms with van der Waals surface area (Å²) in [5, 5.41) is 0. The lowest BCUT2D eigenvalue weighted by Crippen LogP contribution is -2.07. The Bertz CT molecular complexity index is 652. The second kappa shape index (κ2) is 4.49. The molecule has 0 radical (unpaired) electrons. The Morgan fingerprint density at radius 2 is 1.63 bits per heavy atom. The van der Waals surface area contributed by atoms with E-state index < -0.39 is 0 Å². The summed E-state index contributed by atoms with van der Waals surface area (Å²) in [6, 6.07) is 7.15. The molecule has 0 aliphatic heterocycles. The van der Waals surface area contributed by atoms with Gasteiger partial charge in [-0.05, 0) is 24.3 Å². The van der Waals surface area contributed by atoms with Gasteiger partial charge in [-0.1, -0.05) is 0 Å². The third kappa shape index (κ3) is 2.15. The van der Waals surface area contributed by atoms with E-state index in [0.29, 0.717) is 35.2 Å². The number of furan rings is 2. The Hall–Kier alpha value is -2.76. The second-order valence-corrected chi connectivity index (χ2v) is 4.03. The van der Waals surface area contributed by atoms with E-state index in [2.05, 4.69) is 9.97 Å². The van der Waals surface area contributed by atoms with E-state index in [1.807, 2.05) is 6.07 Å². The van der Waals surface area contributed by atoms with Crippen molar-refractivity contribution in [2.45, 2.75) is 6.42 Å². The fourth-order valence-electron chi connectivity index (χ4n) is 1.80. The summed E-state index contributed by atoms with van der Waals surface area (Å²) < 4.78 is 10.5. The molecule has 0 aliphatic rings. The van der Waals surface area contributed by atoms with Crippen molar-refractivity contribution in [1.29, 1.82) is 0 Å². The van der Waals surface area contributed by atoms with Crippen LogP contribution in [0.15, 0.2) is 45.6 Å². The highest BCUT2D eigenvalue weighted by Crippen LogP contribution is 2.24. The van der Waals surface area contributed by atoms with Gasteiger partial charge in [-0.3, -0.25) is 0 Å². The average Bonchev–Trinajstić information content (AvgIpc) is 3.06. The van der Waals surface area contributed by atoms with Crippen molar-refractivity contribution in [2.24, 2.45) is 0 Å². The second-order valence-electron chi connectivity index (χ2n) is 4.03. The number of nitrogens with two attached hydrogens (primary N) is 2. The molecule has 6 nitrogen and oxygen atoms in total. The SMILES string of the molecule is Nc1nc(-c2ccco2)nc(N)c1Cc1ccco1. The Kier molecular flexibility index (Phi) is 2.68. The zero-order valence-electron chi connectivity index (χ0n) is 10.0. The maximum absolute atomic E-state index is 5.93. The van der Waals surface area contributed by atoms with Crippen LogP contribution in [0.4, 0.5) is 11.6 Å². The molecule has 4 N–H and O–H groups in total. The summed E-state index contributed by atoms with van der Waals surface area (Å²) >= 11 is 0. The summed E-state index contributed by atoms with van der Waals surface area (Å²) in [4.78, 5) is 8.42. The van der Waals surface area contributed by atoms with Gasteiger partial charge in [-0.2, -0.15) is 0 Å². The van der Waals surface area contributed by atoms with Gasteiger partial charge in [0.05, 0.1) is 12.5 Å².